The smallest absolute Gasteiger partial charge is 0.309 e. The first-order valence-corrected chi connectivity index (χ1v) is 11.4. The third-order valence-electron chi connectivity index (χ3n) is 10.2. The predicted molar refractivity (Wildman–Crippen MR) is 105 cm³/mol. The van der Waals surface area contributed by atoms with Gasteiger partial charge in [-0.05, 0) is 50.5 Å². The maximum absolute atomic E-state index is 13.0. The van der Waals surface area contributed by atoms with Crippen molar-refractivity contribution in [3.63, 3.8) is 0 Å². The fraction of sp³-hybridized carbons (Fsp3) is 0.792. The average molecular weight is 414 g/mol. The molecule has 2 saturated heterocycles. The summed E-state index contributed by atoms with van der Waals surface area (Å²) >= 11 is 0. The third-order valence-corrected chi connectivity index (χ3v) is 10.2. The molecule has 2 spiro atoms. The lowest BCUT2D eigenvalue weighted by molar-refractivity contribution is -0.172. The maximum atomic E-state index is 13.0. The Morgan fingerprint density at radius 3 is 2.67 bits per heavy atom. The van der Waals surface area contributed by atoms with Crippen LogP contribution in [0.4, 0.5) is 0 Å². The van der Waals surface area contributed by atoms with Gasteiger partial charge in [-0.1, -0.05) is 19.4 Å². The van der Waals surface area contributed by atoms with E-state index in [-0.39, 0.29) is 52.4 Å². The van der Waals surface area contributed by atoms with Crippen LogP contribution < -0.4 is 0 Å². The Balaban J connectivity index is 1.49. The van der Waals surface area contributed by atoms with Gasteiger partial charge in [-0.25, -0.2) is 0 Å². The zero-order valence-corrected chi connectivity index (χ0v) is 18.0. The Labute approximate surface area is 176 Å². The van der Waals surface area contributed by atoms with E-state index in [1.165, 1.54) is 7.11 Å². The van der Waals surface area contributed by atoms with Crippen LogP contribution in [0.2, 0.25) is 0 Å². The van der Waals surface area contributed by atoms with Crippen molar-refractivity contribution in [2.24, 2.45) is 28.6 Å². The third kappa shape index (κ3) is 1.94. The van der Waals surface area contributed by atoms with Gasteiger partial charge in [-0.2, -0.15) is 0 Å². The second kappa shape index (κ2) is 5.56. The summed E-state index contributed by atoms with van der Waals surface area (Å²) in [5.41, 5.74) is -0.175. The first-order chi connectivity index (χ1) is 14.2. The molecule has 8 atom stereocenters. The number of carbonyl (C=O) groups excluding carboxylic acids is 3. The number of fused-ring (bicyclic) bond motifs is 4. The molecule has 0 aromatic heterocycles. The molecule has 0 aromatic carbocycles. The second-order valence-corrected chi connectivity index (χ2v) is 11.0. The van der Waals surface area contributed by atoms with E-state index in [4.69, 9.17) is 14.2 Å². The van der Waals surface area contributed by atoms with Crippen LogP contribution in [0.5, 0.6) is 0 Å². The largest absolute Gasteiger partial charge is 0.469 e. The number of ketones is 1. The second-order valence-electron chi connectivity index (χ2n) is 11.0. The van der Waals surface area contributed by atoms with Crippen LogP contribution in [0.15, 0.2) is 11.6 Å². The van der Waals surface area contributed by atoms with Crippen LogP contribution >= 0.6 is 0 Å². The number of hydrogen-bond acceptors (Lipinski definition) is 6. The summed E-state index contributed by atoms with van der Waals surface area (Å²) < 4.78 is 17.9. The van der Waals surface area contributed by atoms with Crippen LogP contribution in [0, 0.1) is 28.6 Å². The lowest BCUT2D eigenvalue weighted by Gasteiger charge is -2.58. The van der Waals surface area contributed by atoms with E-state index in [0.717, 1.165) is 37.7 Å². The van der Waals surface area contributed by atoms with Crippen molar-refractivity contribution in [2.75, 3.05) is 7.11 Å². The molecule has 0 amide bonds. The molecule has 6 rings (SSSR count). The molecule has 2 heterocycles. The van der Waals surface area contributed by atoms with E-state index < -0.39 is 11.2 Å². The summed E-state index contributed by atoms with van der Waals surface area (Å²) in [6, 6.07) is 0. The molecule has 3 saturated carbocycles. The summed E-state index contributed by atoms with van der Waals surface area (Å²) in [5, 5.41) is 0. The molecule has 0 aromatic rings. The summed E-state index contributed by atoms with van der Waals surface area (Å²) in [7, 11) is 1.45. The Bertz CT molecular complexity index is 907. The van der Waals surface area contributed by atoms with Gasteiger partial charge in [0.1, 0.15) is 11.2 Å². The van der Waals surface area contributed by atoms with Crippen molar-refractivity contribution in [1.82, 2.24) is 0 Å². The first kappa shape index (κ1) is 19.0. The Morgan fingerprint density at radius 1 is 1.17 bits per heavy atom. The number of ether oxygens (including phenoxy) is 3. The van der Waals surface area contributed by atoms with Gasteiger partial charge in [-0.3, -0.25) is 14.4 Å². The van der Waals surface area contributed by atoms with E-state index in [0.29, 0.717) is 19.3 Å². The molecule has 6 heteroatoms. The summed E-state index contributed by atoms with van der Waals surface area (Å²) in [6.45, 7) is 4.51. The van der Waals surface area contributed by atoms with Crippen LogP contribution in [-0.4, -0.2) is 42.1 Å². The lowest BCUT2D eigenvalue weighted by atomic mass is 9.43. The minimum atomic E-state index is -0.424. The van der Waals surface area contributed by atoms with Crippen LogP contribution in [0.3, 0.4) is 0 Å². The molecule has 6 nitrogen and oxygen atoms in total. The van der Waals surface area contributed by atoms with Crippen LogP contribution in [0.1, 0.15) is 65.2 Å². The molecule has 0 bridgehead atoms. The highest BCUT2D eigenvalue weighted by atomic mass is 16.6. The zero-order chi connectivity index (χ0) is 21.1. The van der Waals surface area contributed by atoms with Crippen molar-refractivity contribution in [3.05, 3.63) is 11.6 Å². The Morgan fingerprint density at radius 2 is 1.97 bits per heavy atom. The minimum absolute atomic E-state index is 0.0303. The monoisotopic (exact) mass is 414 g/mol. The van der Waals surface area contributed by atoms with Gasteiger partial charge in [0.15, 0.2) is 5.78 Å². The van der Waals surface area contributed by atoms with Crippen molar-refractivity contribution in [3.8, 4) is 0 Å². The molecule has 0 unspecified atom stereocenters. The quantitative estimate of drug-likeness (QED) is 0.484. The van der Waals surface area contributed by atoms with Crippen molar-refractivity contribution in [2.45, 2.75) is 82.5 Å². The van der Waals surface area contributed by atoms with Gasteiger partial charge in [0.2, 0.25) is 0 Å². The number of esters is 2. The van der Waals surface area contributed by atoms with E-state index in [2.05, 4.69) is 13.8 Å². The molecular weight excluding hydrogens is 384 g/mol. The van der Waals surface area contributed by atoms with Gasteiger partial charge in [0, 0.05) is 29.6 Å². The summed E-state index contributed by atoms with van der Waals surface area (Å²) in [6.07, 6.45) is 7.61. The molecule has 30 heavy (non-hydrogen) atoms. The summed E-state index contributed by atoms with van der Waals surface area (Å²) in [5.74, 6) is -0.201. The normalized spacial score (nSPS) is 53.2. The zero-order valence-electron chi connectivity index (χ0n) is 18.0. The molecule has 162 valence electrons. The summed E-state index contributed by atoms with van der Waals surface area (Å²) in [4.78, 5) is 37.4. The highest BCUT2D eigenvalue weighted by molar-refractivity contribution is 5.92. The number of methoxy groups -OCH3 is 1. The molecule has 2 aliphatic heterocycles. The first-order valence-electron chi connectivity index (χ1n) is 11.4. The maximum Gasteiger partial charge on any atom is 0.309 e. The Kier molecular flexibility index (Phi) is 3.53. The fourth-order valence-electron chi connectivity index (χ4n) is 8.69. The molecule has 0 N–H and O–H groups in total. The average Bonchev–Trinajstić information content (AvgIpc) is 3.20. The number of carbonyl (C=O) groups is 3. The van der Waals surface area contributed by atoms with E-state index in [1.54, 1.807) is 6.08 Å². The predicted octanol–water partition coefficient (Wildman–Crippen LogP) is 3.12. The van der Waals surface area contributed by atoms with Gasteiger partial charge in [0.25, 0.3) is 0 Å². The topological polar surface area (TPSA) is 82.2 Å². The van der Waals surface area contributed by atoms with E-state index in [9.17, 15) is 14.4 Å². The van der Waals surface area contributed by atoms with Crippen molar-refractivity contribution >= 4 is 17.7 Å². The van der Waals surface area contributed by atoms with Crippen molar-refractivity contribution in [1.29, 1.82) is 0 Å². The lowest BCUT2D eigenvalue weighted by Crippen LogP contribution is -2.63. The van der Waals surface area contributed by atoms with Gasteiger partial charge in [-0.15, -0.1) is 0 Å². The van der Waals surface area contributed by atoms with Gasteiger partial charge >= 0.3 is 11.9 Å². The van der Waals surface area contributed by atoms with E-state index >= 15 is 0 Å². The molecule has 4 aliphatic carbocycles. The van der Waals surface area contributed by atoms with Crippen LogP contribution in [0.25, 0.3) is 0 Å². The molecule has 0 radical (unpaired) electrons. The highest BCUT2D eigenvalue weighted by Gasteiger charge is 2.83. The van der Waals surface area contributed by atoms with Crippen molar-refractivity contribution < 1.29 is 28.6 Å². The Hall–Kier alpha value is -1.69. The van der Waals surface area contributed by atoms with Crippen LogP contribution in [-0.2, 0) is 28.6 Å². The fourth-order valence-corrected chi connectivity index (χ4v) is 8.69. The number of hydrogen-bond donors (Lipinski definition) is 0. The SMILES string of the molecule is COC(=O)[C@@H]1CC2=CC(=O)CC[C@]2(C)[C@]23O[C@H]2C[C@@]2(C)[C@H](CC[C@@]24CCC(=O)O4)[C@@H]13. The molecule has 6 aliphatic rings. The molecule has 5 fully saturated rings. The minimum Gasteiger partial charge on any atom is -0.469 e. The standard InChI is InChI=1S/C24H30O6/c1-21-7-4-14(25)10-13(21)11-15(20(27)28-3)19-16-5-8-23(9-6-18(26)30-23)22(16,2)12-17-24(19,21)29-17/h10,15-17,19H,4-9,11-12H2,1-3H3/t15-,16-,17+,19-,21+,22+,23-,24+/m1/s1. The van der Waals surface area contributed by atoms with E-state index in [1.807, 2.05) is 0 Å². The van der Waals surface area contributed by atoms with Gasteiger partial charge in [0.05, 0.1) is 19.1 Å². The van der Waals surface area contributed by atoms with Gasteiger partial charge < -0.3 is 14.2 Å². The number of rotatable bonds is 1. The highest BCUT2D eigenvalue weighted by Crippen LogP contribution is 2.78. The number of epoxide rings is 1. The molecular formula is C24H30O6.